The molecule has 1 aliphatic carbocycles. The van der Waals surface area contributed by atoms with E-state index in [0.717, 1.165) is 0 Å². The van der Waals surface area contributed by atoms with Crippen LogP contribution in [0, 0.1) is 11.3 Å². The van der Waals surface area contributed by atoms with Crippen LogP contribution in [-0.4, -0.2) is 47.6 Å². The van der Waals surface area contributed by atoms with E-state index >= 15 is 0 Å². The number of ether oxygens (including phenoxy) is 1. The number of halogens is 2. The molecule has 2 fully saturated rings. The summed E-state index contributed by atoms with van der Waals surface area (Å²) < 4.78 is 31.9. The number of hydrogen-bond donors (Lipinski definition) is 1. The Morgan fingerprint density at radius 2 is 1.68 bits per heavy atom. The predicted octanol–water partition coefficient (Wildman–Crippen LogP) is 3.57. The topological polar surface area (TPSA) is 58.6 Å². The third kappa shape index (κ3) is 4.61. The number of carbonyl (C=O) groups is 2. The van der Waals surface area contributed by atoms with Crippen molar-refractivity contribution in [2.24, 2.45) is 11.3 Å². The molecule has 5 nitrogen and oxygen atoms in total. The number of carbonyl (C=O) groups excluding carboxylic acids is 2. The predicted molar refractivity (Wildman–Crippen MR) is 90.4 cm³/mol. The Kier molecular flexibility index (Phi) is 5.36. The van der Waals surface area contributed by atoms with Crippen molar-refractivity contribution in [3.8, 4) is 0 Å². The van der Waals surface area contributed by atoms with E-state index in [1.165, 1.54) is 4.90 Å². The van der Waals surface area contributed by atoms with Crippen LogP contribution in [0.15, 0.2) is 0 Å². The lowest BCUT2D eigenvalue weighted by atomic mass is 9.70. The molecule has 1 aliphatic heterocycles. The van der Waals surface area contributed by atoms with Crippen LogP contribution in [0.1, 0.15) is 60.3 Å². The summed E-state index contributed by atoms with van der Waals surface area (Å²) in [6.45, 7) is 9.88. The van der Waals surface area contributed by atoms with E-state index in [-0.39, 0.29) is 30.7 Å². The molecule has 0 aromatic carbocycles. The molecule has 144 valence electrons. The standard InChI is InChI=1S/C18H30F2N2O3/c1-12(2)17(10-22(11-17)15(24)25-16(3,4)5)14(23)21-13-6-8-18(19,20)9-7-13/h12-13H,6-11H2,1-5H3,(H,21,23). The van der Waals surface area contributed by atoms with Crippen molar-refractivity contribution in [1.29, 1.82) is 0 Å². The van der Waals surface area contributed by atoms with Crippen LogP contribution < -0.4 is 5.32 Å². The van der Waals surface area contributed by atoms with Gasteiger partial charge in [0.1, 0.15) is 5.60 Å². The lowest BCUT2D eigenvalue weighted by Crippen LogP contribution is -2.68. The number of amides is 2. The lowest BCUT2D eigenvalue weighted by Gasteiger charge is -2.51. The van der Waals surface area contributed by atoms with Crippen molar-refractivity contribution in [1.82, 2.24) is 10.2 Å². The molecule has 0 radical (unpaired) electrons. The van der Waals surface area contributed by atoms with E-state index in [1.807, 2.05) is 13.8 Å². The second-order valence-electron chi connectivity index (χ2n) is 8.75. The number of rotatable bonds is 3. The SMILES string of the molecule is CC(C)C1(C(=O)NC2CCC(F)(F)CC2)CN(C(=O)OC(C)(C)C)C1. The van der Waals surface area contributed by atoms with Gasteiger partial charge in [0.05, 0.1) is 5.41 Å². The van der Waals surface area contributed by atoms with Crippen LogP contribution in [0.25, 0.3) is 0 Å². The minimum atomic E-state index is -2.61. The van der Waals surface area contributed by atoms with E-state index in [4.69, 9.17) is 4.74 Å². The van der Waals surface area contributed by atoms with Crippen molar-refractivity contribution in [2.75, 3.05) is 13.1 Å². The van der Waals surface area contributed by atoms with Gasteiger partial charge in [0.15, 0.2) is 0 Å². The zero-order valence-electron chi connectivity index (χ0n) is 15.8. The third-order valence-electron chi connectivity index (χ3n) is 5.21. The maximum atomic E-state index is 13.3. The van der Waals surface area contributed by atoms with Crippen molar-refractivity contribution < 1.29 is 23.1 Å². The fraction of sp³-hybridized carbons (Fsp3) is 0.889. The minimum Gasteiger partial charge on any atom is -0.444 e. The number of nitrogens with zero attached hydrogens (tertiary/aromatic N) is 1. The Morgan fingerprint density at radius 3 is 2.12 bits per heavy atom. The minimum absolute atomic E-state index is 0.0382. The fourth-order valence-electron chi connectivity index (χ4n) is 3.37. The number of likely N-dealkylation sites (tertiary alicyclic amines) is 1. The molecule has 1 saturated carbocycles. The van der Waals surface area contributed by atoms with E-state index in [1.54, 1.807) is 20.8 Å². The van der Waals surface area contributed by atoms with E-state index in [9.17, 15) is 18.4 Å². The van der Waals surface area contributed by atoms with Crippen molar-refractivity contribution >= 4 is 12.0 Å². The molecule has 1 heterocycles. The molecule has 2 rings (SSSR count). The largest absolute Gasteiger partial charge is 0.444 e. The first-order chi connectivity index (χ1) is 11.3. The van der Waals surface area contributed by atoms with Gasteiger partial charge in [0.25, 0.3) is 0 Å². The van der Waals surface area contributed by atoms with Crippen LogP contribution in [0.3, 0.4) is 0 Å². The highest BCUT2D eigenvalue weighted by molar-refractivity contribution is 5.87. The molecule has 0 atom stereocenters. The molecule has 2 aliphatic rings. The maximum absolute atomic E-state index is 13.3. The van der Waals surface area contributed by atoms with Crippen molar-refractivity contribution in [3.05, 3.63) is 0 Å². The van der Waals surface area contributed by atoms with Gasteiger partial charge in [-0.25, -0.2) is 13.6 Å². The zero-order chi connectivity index (χ0) is 19.0. The summed E-state index contributed by atoms with van der Waals surface area (Å²) in [5.41, 5.74) is -1.25. The molecule has 1 saturated heterocycles. The van der Waals surface area contributed by atoms with Gasteiger partial charge in [-0.2, -0.15) is 0 Å². The molecule has 2 amide bonds. The Morgan fingerprint density at radius 1 is 1.16 bits per heavy atom. The summed E-state index contributed by atoms with van der Waals surface area (Å²) in [4.78, 5) is 26.4. The summed E-state index contributed by atoms with van der Waals surface area (Å²) in [5, 5.41) is 2.94. The quantitative estimate of drug-likeness (QED) is 0.837. The highest BCUT2D eigenvalue weighted by atomic mass is 19.3. The summed E-state index contributed by atoms with van der Waals surface area (Å²) in [7, 11) is 0. The summed E-state index contributed by atoms with van der Waals surface area (Å²) in [5.74, 6) is -2.71. The maximum Gasteiger partial charge on any atom is 0.410 e. The molecule has 25 heavy (non-hydrogen) atoms. The smallest absolute Gasteiger partial charge is 0.410 e. The van der Waals surface area contributed by atoms with E-state index in [2.05, 4.69) is 5.32 Å². The molecule has 1 N–H and O–H groups in total. The average Bonchev–Trinajstić information content (AvgIpc) is 2.37. The van der Waals surface area contributed by atoms with Crippen molar-refractivity contribution in [3.63, 3.8) is 0 Å². The van der Waals surface area contributed by atoms with Gasteiger partial charge in [0, 0.05) is 32.0 Å². The van der Waals surface area contributed by atoms with E-state index in [0.29, 0.717) is 25.9 Å². The van der Waals surface area contributed by atoms with Crippen LogP contribution in [0.2, 0.25) is 0 Å². The van der Waals surface area contributed by atoms with Gasteiger partial charge < -0.3 is 15.0 Å². The number of hydrogen-bond acceptors (Lipinski definition) is 3. The Balaban J connectivity index is 1.93. The highest BCUT2D eigenvalue weighted by Crippen LogP contribution is 2.40. The van der Waals surface area contributed by atoms with Crippen LogP contribution in [0.4, 0.5) is 13.6 Å². The molecule has 0 spiro atoms. The van der Waals surface area contributed by atoms with Gasteiger partial charge in [-0.1, -0.05) is 13.8 Å². The molecule has 0 aromatic heterocycles. The average molecular weight is 360 g/mol. The first kappa shape index (κ1) is 19.9. The lowest BCUT2D eigenvalue weighted by molar-refractivity contribution is -0.147. The first-order valence-corrected chi connectivity index (χ1v) is 9.01. The Labute approximate surface area is 148 Å². The second-order valence-corrected chi connectivity index (χ2v) is 8.75. The van der Waals surface area contributed by atoms with Crippen LogP contribution in [-0.2, 0) is 9.53 Å². The van der Waals surface area contributed by atoms with Gasteiger partial charge in [-0.05, 0) is 39.5 Å². The van der Waals surface area contributed by atoms with Gasteiger partial charge in [-0.15, -0.1) is 0 Å². The fourth-order valence-corrected chi connectivity index (χ4v) is 3.37. The number of alkyl halides is 2. The summed E-state index contributed by atoms with van der Waals surface area (Å²) in [6.07, 6.45) is -0.201. The van der Waals surface area contributed by atoms with Gasteiger partial charge in [-0.3, -0.25) is 4.79 Å². The monoisotopic (exact) mass is 360 g/mol. The van der Waals surface area contributed by atoms with Crippen LogP contribution >= 0.6 is 0 Å². The Hall–Kier alpha value is -1.40. The van der Waals surface area contributed by atoms with Crippen molar-refractivity contribution in [2.45, 2.75) is 77.9 Å². The summed E-state index contributed by atoms with van der Waals surface area (Å²) >= 11 is 0. The molecule has 7 heteroatoms. The Bertz CT molecular complexity index is 513. The molecule has 0 unspecified atom stereocenters. The molecule has 0 bridgehead atoms. The van der Waals surface area contributed by atoms with Gasteiger partial charge in [0.2, 0.25) is 11.8 Å². The second kappa shape index (κ2) is 6.72. The third-order valence-corrected chi connectivity index (χ3v) is 5.21. The molecule has 0 aromatic rings. The highest BCUT2D eigenvalue weighted by Gasteiger charge is 2.54. The van der Waals surface area contributed by atoms with E-state index < -0.39 is 23.0 Å². The normalized spacial score (nSPS) is 23.1. The molecular formula is C18H30F2N2O3. The molecular weight excluding hydrogens is 330 g/mol. The van der Waals surface area contributed by atoms with Crippen LogP contribution in [0.5, 0.6) is 0 Å². The summed E-state index contributed by atoms with van der Waals surface area (Å²) in [6, 6.07) is -0.210. The van der Waals surface area contributed by atoms with Gasteiger partial charge >= 0.3 is 6.09 Å². The zero-order valence-corrected chi connectivity index (χ0v) is 15.8. The first-order valence-electron chi connectivity index (χ1n) is 9.01. The number of nitrogens with one attached hydrogen (secondary N) is 1.